The minimum Gasteiger partial charge on any atom is -0.462 e. The maximum atomic E-state index is 12.5. The van der Waals surface area contributed by atoms with Gasteiger partial charge in [0.1, 0.15) is 6.10 Å². The van der Waals surface area contributed by atoms with E-state index in [4.69, 9.17) is 9.47 Å². The molecule has 0 N–H and O–H groups in total. The third kappa shape index (κ3) is 2.21. The van der Waals surface area contributed by atoms with Gasteiger partial charge in [-0.1, -0.05) is 6.92 Å². The Morgan fingerprint density at radius 2 is 2.00 bits per heavy atom. The molecule has 2 aliphatic carbocycles. The van der Waals surface area contributed by atoms with Crippen molar-refractivity contribution in [3.05, 3.63) is 0 Å². The molecule has 0 aromatic heterocycles. The van der Waals surface area contributed by atoms with Gasteiger partial charge < -0.3 is 14.4 Å². The third-order valence-electron chi connectivity index (χ3n) is 7.73. The monoisotopic (exact) mass is 319 g/mol. The van der Waals surface area contributed by atoms with Crippen LogP contribution in [0, 0.1) is 23.2 Å². The molecule has 3 heterocycles. The predicted molar refractivity (Wildman–Crippen MR) is 85.9 cm³/mol. The molecule has 23 heavy (non-hydrogen) atoms. The van der Waals surface area contributed by atoms with Gasteiger partial charge in [0.05, 0.1) is 18.1 Å². The Labute approximate surface area is 138 Å². The first-order valence-electron chi connectivity index (χ1n) is 9.67. The van der Waals surface area contributed by atoms with Crippen LogP contribution in [0.5, 0.6) is 0 Å². The highest BCUT2D eigenvalue weighted by atomic mass is 16.6. The lowest BCUT2D eigenvalue weighted by molar-refractivity contribution is -0.147. The fraction of sp³-hybridized carbons (Fsp3) is 0.947. The zero-order valence-corrected chi connectivity index (χ0v) is 14.3. The van der Waals surface area contributed by atoms with Crippen LogP contribution in [0.4, 0.5) is 0 Å². The smallest absolute Gasteiger partial charge is 0.310 e. The summed E-state index contributed by atoms with van der Waals surface area (Å²) in [7, 11) is 0. The van der Waals surface area contributed by atoms with Crippen molar-refractivity contribution in [3.63, 3.8) is 0 Å². The third-order valence-corrected chi connectivity index (χ3v) is 7.73. The number of hydrogen-bond acceptors (Lipinski definition) is 4. The van der Waals surface area contributed by atoms with E-state index in [1.807, 2.05) is 0 Å². The minimum atomic E-state index is 0.0833. The standard InChI is InChI=1S/C19H29NO3/c1-18-5-4-6-19(12-22-19)16(18)9-13-14(11-20-7-2-3-8-20)17(21)23-15(13)10-18/h13-16H,2-12H2,1H3/t13-,14+,15-,16-,18-,19+/m1/s1. The number of ether oxygens (including phenoxy) is 2. The first-order chi connectivity index (χ1) is 11.1. The second kappa shape index (κ2) is 4.95. The summed E-state index contributed by atoms with van der Waals surface area (Å²) in [5.41, 5.74) is 0.487. The van der Waals surface area contributed by atoms with Crippen molar-refractivity contribution in [1.29, 1.82) is 0 Å². The van der Waals surface area contributed by atoms with E-state index in [-0.39, 0.29) is 23.6 Å². The Morgan fingerprint density at radius 3 is 2.74 bits per heavy atom. The highest BCUT2D eigenvalue weighted by Crippen LogP contribution is 2.62. The van der Waals surface area contributed by atoms with Crippen LogP contribution in [-0.4, -0.2) is 48.8 Å². The Hall–Kier alpha value is -0.610. The molecule has 0 bridgehead atoms. The number of rotatable bonds is 2. The summed E-state index contributed by atoms with van der Waals surface area (Å²) >= 11 is 0. The fourth-order valence-corrected chi connectivity index (χ4v) is 6.41. The van der Waals surface area contributed by atoms with Crippen molar-refractivity contribution in [3.8, 4) is 0 Å². The normalized spacial score (nSPS) is 52.3. The van der Waals surface area contributed by atoms with Gasteiger partial charge in [-0.25, -0.2) is 0 Å². The summed E-state index contributed by atoms with van der Waals surface area (Å²) in [6, 6.07) is 0. The molecule has 2 saturated carbocycles. The van der Waals surface area contributed by atoms with Crippen molar-refractivity contribution in [2.45, 2.75) is 63.6 Å². The van der Waals surface area contributed by atoms with Crippen molar-refractivity contribution in [2.75, 3.05) is 26.2 Å². The van der Waals surface area contributed by atoms with Crippen LogP contribution in [0.3, 0.4) is 0 Å². The number of nitrogens with zero attached hydrogens (tertiary/aromatic N) is 1. The van der Waals surface area contributed by atoms with Gasteiger partial charge in [-0.15, -0.1) is 0 Å². The molecule has 0 amide bonds. The van der Waals surface area contributed by atoms with E-state index in [2.05, 4.69) is 11.8 Å². The summed E-state index contributed by atoms with van der Waals surface area (Å²) < 4.78 is 11.9. The molecule has 3 saturated heterocycles. The van der Waals surface area contributed by atoms with Crippen molar-refractivity contribution >= 4 is 5.97 Å². The van der Waals surface area contributed by atoms with E-state index in [1.54, 1.807) is 0 Å². The fourth-order valence-electron chi connectivity index (χ4n) is 6.41. The van der Waals surface area contributed by atoms with Crippen LogP contribution in [-0.2, 0) is 14.3 Å². The Morgan fingerprint density at radius 1 is 1.22 bits per heavy atom. The molecule has 4 nitrogen and oxygen atoms in total. The topological polar surface area (TPSA) is 42.1 Å². The lowest BCUT2D eigenvalue weighted by atomic mass is 9.53. The second-order valence-electron chi connectivity index (χ2n) is 9.11. The molecular weight excluding hydrogens is 290 g/mol. The Bertz CT molecular complexity index is 511. The van der Waals surface area contributed by atoms with Gasteiger partial charge in [0.2, 0.25) is 0 Å². The van der Waals surface area contributed by atoms with Gasteiger partial charge in [-0.3, -0.25) is 4.79 Å². The van der Waals surface area contributed by atoms with Crippen LogP contribution in [0.2, 0.25) is 0 Å². The van der Waals surface area contributed by atoms with Gasteiger partial charge in [0.15, 0.2) is 0 Å². The number of epoxide rings is 1. The molecule has 3 aliphatic heterocycles. The van der Waals surface area contributed by atoms with Crippen molar-refractivity contribution < 1.29 is 14.3 Å². The summed E-state index contributed by atoms with van der Waals surface area (Å²) in [6.07, 6.45) is 8.74. The largest absolute Gasteiger partial charge is 0.462 e. The summed E-state index contributed by atoms with van der Waals surface area (Å²) in [4.78, 5) is 15.0. The molecule has 1 spiro atoms. The molecule has 0 radical (unpaired) electrons. The second-order valence-corrected chi connectivity index (χ2v) is 9.11. The first kappa shape index (κ1) is 14.7. The average Bonchev–Trinajstić information content (AvgIpc) is 2.97. The van der Waals surface area contributed by atoms with Gasteiger partial charge >= 0.3 is 5.97 Å². The van der Waals surface area contributed by atoms with E-state index >= 15 is 0 Å². The maximum Gasteiger partial charge on any atom is 0.310 e. The number of carbonyl (C=O) groups is 1. The number of hydrogen-bond donors (Lipinski definition) is 0. The van der Waals surface area contributed by atoms with Gasteiger partial charge in [-0.05, 0) is 69.4 Å². The maximum absolute atomic E-state index is 12.5. The van der Waals surface area contributed by atoms with Crippen molar-refractivity contribution in [2.24, 2.45) is 23.2 Å². The molecule has 5 rings (SSSR count). The van der Waals surface area contributed by atoms with E-state index in [0.29, 0.717) is 17.3 Å². The molecule has 0 aromatic rings. The highest BCUT2D eigenvalue weighted by molar-refractivity contribution is 5.75. The molecule has 5 aliphatic rings. The average molecular weight is 319 g/mol. The van der Waals surface area contributed by atoms with Crippen LogP contribution < -0.4 is 0 Å². The van der Waals surface area contributed by atoms with E-state index in [0.717, 1.165) is 39.1 Å². The van der Waals surface area contributed by atoms with Gasteiger partial charge in [0, 0.05) is 12.5 Å². The quantitative estimate of drug-likeness (QED) is 0.579. The van der Waals surface area contributed by atoms with Gasteiger partial charge in [0.25, 0.3) is 0 Å². The molecule has 128 valence electrons. The van der Waals surface area contributed by atoms with Crippen LogP contribution in [0.1, 0.15) is 51.9 Å². The molecule has 6 atom stereocenters. The van der Waals surface area contributed by atoms with Crippen LogP contribution in [0.15, 0.2) is 0 Å². The molecule has 5 fully saturated rings. The number of fused-ring (bicyclic) bond motifs is 3. The lowest BCUT2D eigenvalue weighted by Gasteiger charge is -2.51. The van der Waals surface area contributed by atoms with Gasteiger partial charge in [-0.2, -0.15) is 0 Å². The van der Waals surface area contributed by atoms with Crippen molar-refractivity contribution in [1.82, 2.24) is 4.90 Å². The number of likely N-dealkylation sites (tertiary alicyclic amines) is 1. The zero-order valence-electron chi connectivity index (χ0n) is 14.3. The molecule has 4 heteroatoms. The molecule has 0 aromatic carbocycles. The van der Waals surface area contributed by atoms with E-state index in [1.165, 1.54) is 32.1 Å². The SMILES string of the molecule is C[C@]12CCC[C@]3(CO3)[C@@H]1C[C@@H]1[C@H](CN3CCCC3)C(=O)O[C@@H]1C2. The highest BCUT2D eigenvalue weighted by Gasteiger charge is 2.65. The lowest BCUT2D eigenvalue weighted by Crippen LogP contribution is -2.51. The summed E-state index contributed by atoms with van der Waals surface area (Å²) in [6.45, 7) is 6.64. The minimum absolute atomic E-state index is 0.0833. The zero-order chi connectivity index (χ0) is 15.7. The van der Waals surface area contributed by atoms with Crippen LogP contribution >= 0.6 is 0 Å². The predicted octanol–water partition coefficient (Wildman–Crippen LogP) is 2.61. The molecule has 0 unspecified atom stereocenters. The first-order valence-corrected chi connectivity index (χ1v) is 9.67. The Kier molecular flexibility index (Phi) is 3.17. The van der Waals surface area contributed by atoms with E-state index in [9.17, 15) is 4.79 Å². The van der Waals surface area contributed by atoms with Crippen LogP contribution in [0.25, 0.3) is 0 Å². The summed E-state index contributed by atoms with van der Waals surface area (Å²) in [5, 5.41) is 0. The Balaban J connectivity index is 1.38. The number of carbonyl (C=O) groups excluding carboxylic acids is 1. The number of esters is 1. The molecular formula is C19H29NO3. The summed E-state index contributed by atoms with van der Waals surface area (Å²) in [5.74, 6) is 1.27. The van der Waals surface area contributed by atoms with E-state index < -0.39 is 0 Å².